The highest BCUT2D eigenvalue weighted by atomic mass is 32.1. The second-order valence-electron chi connectivity index (χ2n) is 4.00. The number of aromatic nitrogens is 1. The molecule has 0 spiro atoms. The zero-order valence-electron chi connectivity index (χ0n) is 9.36. The summed E-state index contributed by atoms with van der Waals surface area (Å²) in [6.45, 7) is 0. The molecule has 1 aromatic carbocycles. The largest absolute Gasteiger partial charge is 0.420 e. The number of benzene rings is 2. The lowest BCUT2D eigenvalue weighted by molar-refractivity contribution is -0.138. The Morgan fingerprint density at radius 1 is 1.11 bits per heavy atom. The molecule has 0 radical (unpaired) electrons. The van der Waals surface area contributed by atoms with E-state index in [1.165, 1.54) is 11.3 Å². The quantitative estimate of drug-likeness (QED) is 0.587. The molecular weight excluding hydrogens is 275 g/mol. The van der Waals surface area contributed by atoms with Gasteiger partial charge in [-0.3, -0.25) is 4.79 Å². The Morgan fingerprint density at radius 3 is 2.58 bits per heavy atom. The molecule has 2 nitrogen and oxygen atoms in total. The first-order valence-electron chi connectivity index (χ1n) is 5.36. The summed E-state index contributed by atoms with van der Waals surface area (Å²) in [6.07, 6.45) is -4.65. The Labute approximate surface area is 109 Å². The third-order valence-corrected chi connectivity index (χ3v) is 3.80. The van der Waals surface area contributed by atoms with Crippen molar-refractivity contribution in [3.63, 3.8) is 0 Å². The number of para-hydroxylation sites is 1. The number of hydrogen-bond donors (Lipinski definition) is 0. The van der Waals surface area contributed by atoms with Crippen LogP contribution in [0.1, 0.15) is 5.56 Å². The van der Waals surface area contributed by atoms with Crippen molar-refractivity contribution in [3.05, 3.63) is 52.2 Å². The van der Waals surface area contributed by atoms with Gasteiger partial charge >= 0.3 is 6.18 Å². The van der Waals surface area contributed by atoms with Crippen molar-refractivity contribution in [1.82, 2.24) is 4.98 Å². The minimum atomic E-state index is -4.65. The zero-order chi connectivity index (χ0) is 13.6. The fourth-order valence-electron chi connectivity index (χ4n) is 1.82. The molecule has 1 aromatic rings. The predicted octanol–water partition coefficient (Wildman–Crippen LogP) is 3.78. The van der Waals surface area contributed by atoms with Gasteiger partial charge in [-0.05, 0) is 18.2 Å². The summed E-state index contributed by atoms with van der Waals surface area (Å²) in [5.41, 5.74) is -1.38. The molecular formula is C13H6F3NOS. The molecule has 1 aliphatic heterocycles. The molecule has 96 valence electrons. The minimum absolute atomic E-state index is 0.190. The minimum Gasteiger partial charge on any atom is -0.289 e. The van der Waals surface area contributed by atoms with Gasteiger partial charge in [0.1, 0.15) is 5.56 Å². The lowest BCUT2D eigenvalue weighted by Crippen LogP contribution is -2.18. The Bertz CT molecular complexity index is 794. The molecule has 6 heteroatoms. The molecule has 0 N–H and O–H groups in total. The maximum absolute atomic E-state index is 12.7. The summed E-state index contributed by atoms with van der Waals surface area (Å²) >= 11 is 1.25. The van der Waals surface area contributed by atoms with E-state index in [-0.39, 0.29) is 5.69 Å². The third-order valence-electron chi connectivity index (χ3n) is 2.69. The van der Waals surface area contributed by atoms with E-state index < -0.39 is 17.2 Å². The molecule has 19 heavy (non-hydrogen) atoms. The Morgan fingerprint density at radius 2 is 1.84 bits per heavy atom. The van der Waals surface area contributed by atoms with Crippen LogP contribution in [0.4, 0.5) is 13.2 Å². The lowest BCUT2D eigenvalue weighted by Gasteiger charge is -2.10. The Hall–Kier alpha value is -1.95. The summed E-state index contributed by atoms with van der Waals surface area (Å²) in [6, 6.07) is 8.94. The highest BCUT2D eigenvalue weighted by Gasteiger charge is 2.34. The van der Waals surface area contributed by atoms with Crippen LogP contribution >= 0.6 is 11.3 Å². The van der Waals surface area contributed by atoms with E-state index in [4.69, 9.17) is 0 Å². The van der Waals surface area contributed by atoms with Gasteiger partial charge in [-0.25, -0.2) is 4.98 Å². The zero-order valence-corrected chi connectivity index (χ0v) is 10.2. The highest BCUT2D eigenvalue weighted by Crippen LogP contribution is 2.34. The van der Waals surface area contributed by atoms with Gasteiger partial charge in [0.15, 0.2) is 5.43 Å². The van der Waals surface area contributed by atoms with Gasteiger partial charge in [0.2, 0.25) is 0 Å². The van der Waals surface area contributed by atoms with E-state index in [2.05, 4.69) is 4.98 Å². The SMILES string of the molecule is O=c1cc2sc3ccccc3nc-2cc1C(F)(F)F. The smallest absolute Gasteiger partial charge is 0.289 e. The van der Waals surface area contributed by atoms with Crippen LogP contribution in [0, 0.1) is 0 Å². The number of fused-ring (bicyclic) bond motifs is 2. The number of halogens is 3. The van der Waals surface area contributed by atoms with E-state index in [1.54, 1.807) is 12.1 Å². The Kier molecular flexibility index (Phi) is 2.56. The first-order chi connectivity index (χ1) is 8.95. The average Bonchev–Trinajstić information content (AvgIpc) is 2.34. The Balaban J connectivity index is 2.38. The summed E-state index contributed by atoms with van der Waals surface area (Å²) in [5, 5.41) is 0. The monoisotopic (exact) mass is 281 g/mol. The van der Waals surface area contributed by atoms with Crippen molar-refractivity contribution >= 4 is 21.6 Å². The van der Waals surface area contributed by atoms with Gasteiger partial charge < -0.3 is 0 Å². The van der Waals surface area contributed by atoms with Crippen LogP contribution in [0.15, 0.2) is 41.2 Å². The molecule has 0 atom stereocenters. The summed E-state index contributed by atoms with van der Waals surface area (Å²) in [4.78, 5) is 16.1. The first-order valence-corrected chi connectivity index (χ1v) is 6.18. The third kappa shape index (κ3) is 2.08. The van der Waals surface area contributed by atoms with Crippen LogP contribution in [-0.2, 0) is 6.18 Å². The van der Waals surface area contributed by atoms with E-state index in [0.717, 1.165) is 16.8 Å². The number of nitrogens with zero attached hydrogens (tertiary/aromatic N) is 1. The van der Waals surface area contributed by atoms with E-state index >= 15 is 0 Å². The highest BCUT2D eigenvalue weighted by molar-refractivity contribution is 7.21. The topological polar surface area (TPSA) is 30.0 Å². The maximum atomic E-state index is 12.7. The standard InChI is InChI=1S/C13H6F3NOS/c14-13(15,16)7-5-9-12(6-10(7)18)19-11-4-2-1-3-8(11)17-9/h1-6H. The molecule has 0 saturated heterocycles. The maximum Gasteiger partial charge on any atom is 0.420 e. The first kappa shape index (κ1) is 12.1. The van der Waals surface area contributed by atoms with E-state index in [1.807, 2.05) is 12.1 Å². The van der Waals surface area contributed by atoms with Gasteiger partial charge in [-0.15, -0.1) is 11.3 Å². The molecule has 1 aliphatic carbocycles. The van der Waals surface area contributed by atoms with Crippen molar-refractivity contribution < 1.29 is 13.2 Å². The second kappa shape index (κ2) is 4.03. The van der Waals surface area contributed by atoms with E-state index in [9.17, 15) is 18.0 Å². The van der Waals surface area contributed by atoms with Crippen molar-refractivity contribution in [3.8, 4) is 10.6 Å². The van der Waals surface area contributed by atoms with Crippen LogP contribution < -0.4 is 5.43 Å². The number of alkyl halides is 3. The fraction of sp³-hybridized carbons (Fsp3) is 0.0769. The molecule has 0 fully saturated rings. The molecule has 3 rings (SSSR count). The van der Waals surface area contributed by atoms with Gasteiger partial charge in [0.05, 0.1) is 20.8 Å². The fourth-order valence-corrected chi connectivity index (χ4v) is 2.80. The summed E-state index contributed by atoms with van der Waals surface area (Å²) in [7, 11) is 0. The molecule has 0 unspecified atom stereocenters. The van der Waals surface area contributed by atoms with Gasteiger partial charge in [0, 0.05) is 6.07 Å². The van der Waals surface area contributed by atoms with Gasteiger partial charge in [0.25, 0.3) is 0 Å². The molecule has 0 saturated carbocycles. The van der Waals surface area contributed by atoms with Gasteiger partial charge in [-0.2, -0.15) is 13.2 Å². The lowest BCUT2D eigenvalue weighted by atomic mass is 10.1. The van der Waals surface area contributed by atoms with Crippen molar-refractivity contribution in [2.75, 3.05) is 0 Å². The van der Waals surface area contributed by atoms with Crippen molar-refractivity contribution in [2.24, 2.45) is 0 Å². The molecule has 0 aromatic heterocycles. The van der Waals surface area contributed by atoms with Crippen LogP contribution in [-0.4, -0.2) is 4.98 Å². The van der Waals surface area contributed by atoms with E-state index in [0.29, 0.717) is 10.4 Å². The van der Waals surface area contributed by atoms with Crippen LogP contribution in [0.25, 0.3) is 20.8 Å². The predicted molar refractivity (Wildman–Crippen MR) is 67.5 cm³/mol. The molecule has 1 heterocycles. The average molecular weight is 281 g/mol. The summed E-state index contributed by atoms with van der Waals surface area (Å²) in [5.74, 6) is 0. The number of rotatable bonds is 0. The van der Waals surface area contributed by atoms with Gasteiger partial charge in [-0.1, -0.05) is 12.1 Å². The van der Waals surface area contributed by atoms with Crippen LogP contribution in [0.5, 0.6) is 0 Å². The van der Waals surface area contributed by atoms with Crippen LogP contribution in [0.3, 0.4) is 0 Å². The molecule has 0 bridgehead atoms. The van der Waals surface area contributed by atoms with Crippen molar-refractivity contribution in [2.45, 2.75) is 6.18 Å². The molecule has 0 amide bonds. The number of hydrogen-bond acceptors (Lipinski definition) is 3. The second-order valence-corrected chi connectivity index (χ2v) is 5.08. The summed E-state index contributed by atoms with van der Waals surface area (Å²) < 4.78 is 38.8. The van der Waals surface area contributed by atoms with Crippen molar-refractivity contribution in [1.29, 1.82) is 0 Å². The molecule has 2 aliphatic rings. The van der Waals surface area contributed by atoms with Crippen LogP contribution in [0.2, 0.25) is 0 Å². The normalized spacial score (nSPS) is 12.2.